The van der Waals surface area contributed by atoms with Crippen molar-refractivity contribution in [1.82, 2.24) is 4.90 Å². The second-order valence-electron chi connectivity index (χ2n) is 4.18. The molecule has 18 heavy (non-hydrogen) atoms. The van der Waals surface area contributed by atoms with Crippen LogP contribution in [0.2, 0.25) is 0 Å². The van der Waals surface area contributed by atoms with Gasteiger partial charge in [-0.25, -0.2) is 0 Å². The highest BCUT2D eigenvalue weighted by atomic mass is 32.2. The van der Waals surface area contributed by atoms with Crippen LogP contribution in [0.25, 0.3) is 0 Å². The van der Waals surface area contributed by atoms with Crippen molar-refractivity contribution in [3.8, 4) is 0 Å². The average molecular weight is 285 g/mol. The monoisotopic (exact) mass is 285 g/mol. The predicted molar refractivity (Wildman–Crippen MR) is 76.9 cm³/mol. The molecule has 0 atom stereocenters. The lowest BCUT2D eigenvalue weighted by atomic mass is 10.2. The predicted octanol–water partition coefficient (Wildman–Crippen LogP) is 2.77. The molecule has 0 aliphatic carbocycles. The van der Waals surface area contributed by atoms with E-state index in [4.69, 9.17) is 4.74 Å². The lowest BCUT2D eigenvalue weighted by Crippen LogP contribution is -2.37. The fraction of sp³-hybridized carbons (Fsp3) is 0.615. The van der Waals surface area contributed by atoms with E-state index in [1.807, 2.05) is 6.07 Å². The van der Waals surface area contributed by atoms with Crippen LogP contribution in [0.5, 0.6) is 0 Å². The smallest absolute Gasteiger partial charge is 0.174 e. The van der Waals surface area contributed by atoms with Gasteiger partial charge in [0.25, 0.3) is 0 Å². The van der Waals surface area contributed by atoms with Crippen LogP contribution in [-0.2, 0) is 4.74 Å². The topological polar surface area (TPSA) is 29.5 Å². The van der Waals surface area contributed by atoms with Crippen molar-refractivity contribution in [3.63, 3.8) is 0 Å². The van der Waals surface area contributed by atoms with Gasteiger partial charge in [-0.15, -0.1) is 23.1 Å². The molecule has 0 bridgehead atoms. The van der Waals surface area contributed by atoms with Crippen molar-refractivity contribution in [2.45, 2.75) is 17.6 Å². The molecule has 2 rings (SSSR count). The number of ether oxygens (including phenoxy) is 1. The highest BCUT2D eigenvalue weighted by Gasteiger charge is 2.14. The molecule has 100 valence electrons. The fourth-order valence-electron chi connectivity index (χ4n) is 1.90. The van der Waals surface area contributed by atoms with E-state index in [1.54, 1.807) is 23.1 Å². The standard InChI is InChI=1S/C13H19NO2S2/c1-2-17-13-4-3-12(18-13)11(15)5-6-14-7-9-16-10-8-14/h3-4H,2,5-10H2,1H3. The molecule has 1 saturated heterocycles. The second kappa shape index (κ2) is 7.28. The third-order valence-electron chi connectivity index (χ3n) is 2.90. The van der Waals surface area contributed by atoms with E-state index in [-0.39, 0.29) is 5.78 Å². The van der Waals surface area contributed by atoms with Gasteiger partial charge in [-0.05, 0) is 17.9 Å². The Morgan fingerprint density at radius 3 is 2.94 bits per heavy atom. The molecule has 3 nitrogen and oxygen atoms in total. The molecular formula is C13H19NO2S2. The molecule has 1 aromatic rings. The molecule has 0 amide bonds. The van der Waals surface area contributed by atoms with E-state index in [0.717, 1.165) is 43.5 Å². The van der Waals surface area contributed by atoms with E-state index in [9.17, 15) is 4.79 Å². The summed E-state index contributed by atoms with van der Waals surface area (Å²) in [6.07, 6.45) is 0.622. The summed E-state index contributed by atoms with van der Waals surface area (Å²) >= 11 is 3.42. The maximum absolute atomic E-state index is 12.0. The summed E-state index contributed by atoms with van der Waals surface area (Å²) in [5.74, 6) is 1.33. The SMILES string of the molecule is CCSc1ccc(C(=O)CCN2CCOCC2)s1. The Bertz CT molecular complexity index is 386. The van der Waals surface area contributed by atoms with Crippen molar-refractivity contribution >= 4 is 28.9 Å². The van der Waals surface area contributed by atoms with Crippen molar-refractivity contribution in [2.75, 3.05) is 38.6 Å². The molecule has 0 N–H and O–H groups in total. The van der Waals surface area contributed by atoms with Gasteiger partial charge >= 0.3 is 0 Å². The molecule has 5 heteroatoms. The Hall–Kier alpha value is -0.360. The van der Waals surface area contributed by atoms with Gasteiger partial charge in [-0.1, -0.05) is 6.92 Å². The quantitative estimate of drug-likeness (QED) is 0.594. The van der Waals surface area contributed by atoms with Crippen LogP contribution < -0.4 is 0 Å². The summed E-state index contributed by atoms with van der Waals surface area (Å²) in [4.78, 5) is 15.3. The number of hydrogen-bond donors (Lipinski definition) is 0. The zero-order valence-electron chi connectivity index (χ0n) is 10.7. The third kappa shape index (κ3) is 4.09. The van der Waals surface area contributed by atoms with E-state index in [0.29, 0.717) is 6.42 Å². The van der Waals surface area contributed by atoms with E-state index in [1.165, 1.54) is 4.21 Å². The molecule has 1 aliphatic heterocycles. The van der Waals surface area contributed by atoms with Crippen LogP contribution in [-0.4, -0.2) is 49.3 Å². The van der Waals surface area contributed by atoms with Gasteiger partial charge in [-0.3, -0.25) is 9.69 Å². The molecule has 2 heterocycles. The van der Waals surface area contributed by atoms with Gasteiger partial charge in [0.2, 0.25) is 0 Å². The molecular weight excluding hydrogens is 266 g/mol. The molecule has 0 radical (unpaired) electrons. The maximum atomic E-state index is 12.0. The van der Waals surface area contributed by atoms with Gasteiger partial charge in [0.15, 0.2) is 5.78 Å². The van der Waals surface area contributed by atoms with Gasteiger partial charge in [-0.2, -0.15) is 0 Å². The zero-order chi connectivity index (χ0) is 12.8. The maximum Gasteiger partial charge on any atom is 0.174 e. The minimum Gasteiger partial charge on any atom is -0.379 e. The van der Waals surface area contributed by atoms with Crippen LogP contribution in [0, 0.1) is 0 Å². The fourth-order valence-corrected chi connectivity index (χ4v) is 3.91. The molecule has 0 unspecified atom stereocenters. The number of hydrogen-bond acceptors (Lipinski definition) is 5. The summed E-state index contributed by atoms with van der Waals surface area (Å²) in [5.41, 5.74) is 0. The number of nitrogens with zero attached hydrogens (tertiary/aromatic N) is 1. The Morgan fingerprint density at radius 1 is 1.44 bits per heavy atom. The van der Waals surface area contributed by atoms with E-state index >= 15 is 0 Å². The van der Waals surface area contributed by atoms with Gasteiger partial charge in [0, 0.05) is 26.1 Å². The molecule has 0 saturated carbocycles. The summed E-state index contributed by atoms with van der Waals surface area (Å²) < 4.78 is 6.54. The van der Waals surface area contributed by atoms with Crippen molar-refractivity contribution in [1.29, 1.82) is 0 Å². The highest BCUT2D eigenvalue weighted by molar-refractivity contribution is 8.01. The number of thiophene rings is 1. The summed E-state index contributed by atoms with van der Waals surface area (Å²) in [6.45, 7) is 6.49. The largest absolute Gasteiger partial charge is 0.379 e. The summed E-state index contributed by atoms with van der Waals surface area (Å²) in [7, 11) is 0. The molecule has 1 aromatic heterocycles. The van der Waals surface area contributed by atoms with Crippen molar-refractivity contribution < 1.29 is 9.53 Å². The third-order valence-corrected chi connectivity index (χ3v) is 5.14. The van der Waals surface area contributed by atoms with Crippen LogP contribution >= 0.6 is 23.1 Å². The van der Waals surface area contributed by atoms with Crippen molar-refractivity contribution in [3.05, 3.63) is 17.0 Å². The first-order chi connectivity index (χ1) is 8.79. The minimum atomic E-state index is 0.273. The lowest BCUT2D eigenvalue weighted by molar-refractivity contribution is 0.0370. The Kier molecular flexibility index (Phi) is 5.69. The number of carbonyl (C=O) groups excluding carboxylic acids is 1. The van der Waals surface area contributed by atoms with Crippen LogP contribution in [0.15, 0.2) is 16.3 Å². The van der Waals surface area contributed by atoms with Crippen LogP contribution in [0.3, 0.4) is 0 Å². The molecule has 1 fully saturated rings. The Labute approximate surface area is 117 Å². The van der Waals surface area contributed by atoms with Crippen LogP contribution in [0.1, 0.15) is 23.0 Å². The number of rotatable bonds is 6. The Morgan fingerprint density at radius 2 is 2.22 bits per heavy atom. The number of morpholine rings is 1. The normalized spacial score (nSPS) is 16.9. The second-order valence-corrected chi connectivity index (χ2v) is 6.83. The summed E-state index contributed by atoms with van der Waals surface area (Å²) in [5, 5.41) is 0. The number of carbonyl (C=O) groups is 1. The number of Topliss-reactive ketones (excluding diaryl/α,β-unsaturated/α-hetero) is 1. The number of ketones is 1. The van der Waals surface area contributed by atoms with Gasteiger partial charge in [0.05, 0.1) is 22.3 Å². The molecule has 1 aliphatic rings. The molecule has 0 spiro atoms. The van der Waals surface area contributed by atoms with Gasteiger partial charge < -0.3 is 4.74 Å². The van der Waals surface area contributed by atoms with E-state index < -0.39 is 0 Å². The first-order valence-corrected chi connectivity index (χ1v) is 8.15. The lowest BCUT2D eigenvalue weighted by Gasteiger charge is -2.26. The minimum absolute atomic E-state index is 0.273. The molecule has 0 aromatic carbocycles. The highest BCUT2D eigenvalue weighted by Crippen LogP contribution is 2.27. The average Bonchev–Trinajstić information content (AvgIpc) is 2.86. The first kappa shape index (κ1) is 14.1. The zero-order valence-corrected chi connectivity index (χ0v) is 12.3. The van der Waals surface area contributed by atoms with Gasteiger partial charge in [0.1, 0.15) is 0 Å². The summed E-state index contributed by atoms with van der Waals surface area (Å²) in [6, 6.07) is 4.02. The van der Waals surface area contributed by atoms with Crippen LogP contribution in [0.4, 0.5) is 0 Å². The number of thioether (sulfide) groups is 1. The Balaban J connectivity index is 1.79. The first-order valence-electron chi connectivity index (χ1n) is 6.35. The van der Waals surface area contributed by atoms with Crippen molar-refractivity contribution in [2.24, 2.45) is 0 Å². The van der Waals surface area contributed by atoms with E-state index in [2.05, 4.69) is 17.9 Å².